The highest BCUT2D eigenvalue weighted by Gasteiger charge is 2.26. The number of hydrogen-bond donors (Lipinski definition) is 2. The van der Waals surface area contributed by atoms with Gasteiger partial charge in [-0.05, 0) is 26.3 Å². The van der Waals surface area contributed by atoms with Crippen LogP contribution in [0, 0.1) is 0 Å². The van der Waals surface area contributed by atoms with Crippen molar-refractivity contribution in [3.05, 3.63) is 17.0 Å². The van der Waals surface area contributed by atoms with Crippen LogP contribution in [-0.2, 0) is 12.8 Å². The summed E-state index contributed by atoms with van der Waals surface area (Å²) >= 11 is 0. The average Bonchev–Trinajstić information content (AvgIpc) is 2.59. The molecule has 0 aliphatic heterocycles. The molecule has 1 aromatic heterocycles. The molecule has 1 aliphatic carbocycles. The summed E-state index contributed by atoms with van der Waals surface area (Å²) in [4.78, 5) is 8.58. The molecule has 2 rings (SSSR count). The molecule has 0 radical (unpaired) electrons. The van der Waals surface area contributed by atoms with E-state index in [2.05, 4.69) is 22.2 Å². The van der Waals surface area contributed by atoms with E-state index >= 15 is 0 Å². The fourth-order valence-corrected chi connectivity index (χ4v) is 2.16. The van der Waals surface area contributed by atoms with Gasteiger partial charge in [-0.3, -0.25) is 0 Å². The second-order valence-corrected chi connectivity index (χ2v) is 3.62. The molecule has 14 heavy (non-hydrogen) atoms. The number of anilines is 1. The molecule has 4 nitrogen and oxygen atoms in total. The maximum absolute atomic E-state index is 5.65. The second kappa shape index (κ2) is 3.53. The summed E-state index contributed by atoms with van der Waals surface area (Å²) < 4.78 is 0. The Balaban J connectivity index is 2.51. The number of aromatic nitrogens is 2. The maximum atomic E-state index is 5.65. The molecule has 0 spiro atoms. The molecule has 1 aliphatic rings. The van der Waals surface area contributed by atoms with Crippen molar-refractivity contribution < 1.29 is 0 Å². The molecule has 0 saturated carbocycles. The highest BCUT2D eigenvalue weighted by Crippen LogP contribution is 2.32. The molecule has 76 valence electrons. The van der Waals surface area contributed by atoms with E-state index in [-0.39, 0.29) is 0 Å². The van der Waals surface area contributed by atoms with Crippen LogP contribution in [0.1, 0.15) is 36.3 Å². The van der Waals surface area contributed by atoms with Gasteiger partial charge in [-0.1, -0.05) is 6.92 Å². The first-order valence-corrected chi connectivity index (χ1v) is 5.08. The van der Waals surface area contributed by atoms with Crippen molar-refractivity contribution in [3.63, 3.8) is 0 Å². The van der Waals surface area contributed by atoms with Gasteiger partial charge in [0.2, 0.25) is 5.95 Å². The second-order valence-electron chi connectivity index (χ2n) is 3.62. The fourth-order valence-electron chi connectivity index (χ4n) is 2.16. The van der Waals surface area contributed by atoms with Crippen LogP contribution in [-0.4, -0.2) is 17.0 Å². The summed E-state index contributed by atoms with van der Waals surface area (Å²) in [6, 6.07) is 0.417. The normalized spacial score (nSPS) is 19.7. The van der Waals surface area contributed by atoms with E-state index in [0.29, 0.717) is 12.0 Å². The zero-order valence-corrected chi connectivity index (χ0v) is 8.67. The van der Waals surface area contributed by atoms with Crippen molar-refractivity contribution in [1.29, 1.82) is 0 Å². The highest BCUT2D eigenvalue weighted by molar-refractivity contribution is 5.37. The van der Waals surface area contributed by atoms with Gasteiger partial charge in [0.25, 0.3) is 0 Å². The van der Waals surface area contributed by atoms with E-state index in [1.807, 2.05) is 7.05 Å². The summed E-state index contributed by atoms with van der Waals surface area (Å²) in [5.41, 5.74) is 9.17. The van der Waals surface area contributed by atoms with E-state index in [1.165, 1.54) is 5.56 Å². The Hall–Kier alpha value is -1.16. The topological polar surface area (TPSA) is 63.8 Å². The van der Waals surface area contributed by atoms with Crippen LogP contribution in [0.15, 0.2) is 0 Å². The first-order chi connectivity index (χ1) is 6.76. The molecule has 1 aromatic rings. The lowest BCUT2D eigenvalue weighted by Gasteiger charge is -2.13. The van der Waals surface area contributed by atoms with E-state index in [1.54, 1.807) is 0 Å². The minimum Gasteiger partial charge on any atom is -0.368 e. The maximum Gasteiger partial charge on any atom is 0.220 e. The number of fused-ring (bicyclic) bond motifs is 1. The van der Waals surface area contributed by atoms with Crippen molar-refractivity contribution in [2.45, 2.75) is 32.2 Å². The van der Waals surface area contributed by atoms with Gasteiger partial charge in [-0.2, -0.15) is 0 Å². The van der Waals surface area contributed by atoms with Crippen LogP contribution < -0.4 is 11.1 Å². The van der Waals surface area contributed by atoms with Crippen molar-refractivity contribution >= 4 is 5.95 Å². The molecule has 4 heteroatoms. The van der Waals surface area contributed by atoms with Gasteiger partial charge in [0.1, 0.15) is 0 Å². The third-order valence-electron chi connectivity index (χ3n) is 2.82. The van der Waals surface area contributed by atoms with Gasteiger partial charge < -0.3 is 11.1 Å². The van der Waals surface area contributed by atoms with E-state index in [9.17, 15) is 0 Å². The molecule has 0 aromatic carbocycles. The summed E-state index contributed by atoms with van der Waals surface area (Å²) in [6.07, 6.45) is 3.05. The molecule has 0 saturated heterocycles. The predicted octanol–water partition coefficient (Wildman–Crippen LogP) is 0.828. The van der Waals surface area contributed by atoms with Crippen LogP contribution in [0.5, 0.6) is 0 Å². The van der Waals surface area contributed by atoms with Gasteiger partial charge in [0, 0.05) is 11.6 Å². The number of hydrogen-bond acceptors (Lipinski definition) is 4. The molecule has 1 atom stereocenters. The Labute approximate surface area is 83.9 Å². The van der Waals surface area contributed by atoms with Gasteiger partial charge in [-0.25, -0.2) is 9.97 Å². The monoisotopic (exact) mass is 192 g/mol. The van der Waals surface area contributed by atoms with Gasteiger partial charge >= 0.3 is 0 Å². The Bertz CT molecular complexity index is 348. The van der Waals surface area contributed by atoms with Gasteiger partial charge in [0.05, 0.1) is 11.4 Å². The van der Waals surface area contributed by atoms with Gasteiger partial charge in [-0.15, -0.1) is 0 Å². The first-order valence-electron chi connectivity index (χ1n) is 5.08. The smallest absolute Gasteiger partial charge is 0.220 e. The summed E-state index contributed by atoms with van der Waals surface area (Å²) in [5, 5.41) is 3.29. The third kappa shape index (κ3) is 1.35. The lowest BCUT2D eigenvalue weighted by atomic mass is 10.1. The summed E-state index contributed by atoms with van der Waals surface area (Å²) in [5.74, 6) is 0.414. The Morgan fingerprint density at radius 1 is 1.50 bits per heavy atom. The Morgan fingerprint density at radius 2 is 2.29 bits per heavy atom. The van der Waals surface area contributed by atoms with E-state index in [0.717, 1.165) is 30.7 Å². The largest absolute Gasteiger partial charge is 0.368 e. The van der Waals surface area contributed by atoms with Crippen LogP contribution >= 0.6 is 0 Å². The van der Waals surface area contributed by atoms with Crippen LogP contribution in [0.2, 0.25) is 0 Å². The highest BCUT2D eigenvalue weighted by atomic mass is 15.0. The summed E-state index contributed by atoms with van der Waals surface area (Å²) in [7, 11) is 1.98. The molecule has 0 amide bonds. The standard InChI is InChI=1S/C10H16N4/c1-3-6-9-7(12-2)4-5-8(9)14-10(11)13-6/h7,12H,3-5H2,1-2H3,(H2,11,13,14). The van der Waals surface area contributed by atoms with Crippen LogP contribution in [0.3, 0.4) is 0 Å². The van der Waals surface area contributed by atoms with Crippen molar-refractivity contribution in [2.75, 3.05) is 12.8 Å². The van der Waals surface area contributed by atoms with E-state index < -0.39 is 0 Å². The van der Waals surface area contributed by atoms with Gasteiger partial charge in [0.15, 0.2) is 0 Å². The molecule has 1 unspecified atom stereocenters. The lowest BCUT2D eigenvalue weighted by Crippen LogP contribution is -2.16. The molecule has 0 fully saturated rings. The average molecular weight is 192 g/mol. The van der Waals surface area contributed by atoms with Crippen molar-refractivity contribution in [1.82, 2.24) is 15.3 Å². The number of nitrogens with zero attached hydrogens (tertiary/aromatic N) is 2. The number of rotatable bonds is 2. The number of nitrogens with one attached hydrogen (secondary N) is 1. The van der Waals surface area contributed by atoms with E-state index in [4.69, 9.17) is 5.73 Å². The minimum absolute atomic E-state index is 0.414. The van der Waals surface area contributed by atoms with Crippen LogP contribution in [0.25, 0.3) is 0 Å². The van der Waals surface area contributed by atoms with Crippen LogP contribution in [0.4, 0.5) is 5.95 Å². The summed E-state index contributed by atoms with van der Waals surface area (Å²) in [6.45, 7) is 2.10. The quantitative estimate of drug-likeness (QED) is 0.728. The zero-order valence-electron chi connectivity index (χ0n) is 8.67. The molecular weight excluding hydrogens is 176 g/mol. The van der Waals surface area contributed by atoms with Crippen molar-refractivity contribution in [2.24, 2.45) is 0 Å². The first kappa shape index (κ1) is 9.40. The third-order valence-corrected chi connectivity index (χ3v) is 2.82. The fraction of sp³-hybridized carbons (Fsp3) is 0.600. The number of nitrogen functional groups attached to an aromatic ring is 1. The predicted molar refractivity (Wildman–Crippen MR) is 55.9 cm³/mol. The Morgan fingerprint density at radius 3 is 2.93 bits per heavy atom. The SMILES string of the molecule is CCc1nc(N)nc2c1C(NC)CC2. The minimum atomic E-state index is 0.414. The zero-order chi connectivity index (χ0) is 10.1. The number of aryl methyl sites for hydroxylation is 2. The molecule has 0 bridgehead atoms. The molecular formula is C10H16N4. The lowest BCUT2D eigenvalue weighted by molar-refractivity contribution is 0.584. The Kier molecular flexibility index (Phi) is 2.37. The number of nitrogens with two attached hydrogens (primary N) is 1. The molecule has 1 heterocycles. The van der Waals surface area contributed by atoms with Crippen molar-refractivity contribution in [3.8, 4) is 0 Å². The molecule has 3 N–H and O–H groups in total.